The van der Waals surface area contributed by atoms with Crippen molar-refractivity contribution < 1.29 is 14.3 Å². The van der Waals surface area contributed by atoms with E-state index in [4.69, 9.17) is 4.74 Å². The molecule has 0 saturated carbocycles. The zero-order chi connectivity index (χ0) is 7.98. The molecule has 0 aliphatic carbocycles. The molecule has 0 unspecified atom stereocenters. The van der Waals surface area contributed by atoms with Gasteiger partial charge in [0.1, 0.15) is 0 Å². The predicted octanol–water partition coefficient (Wildman–Crippen LogP) is 0.750. The highest BCUT2D eigenvalue weighted by Gasteiger charge is 2.11. The van der Waals surface area contributed by atoms with E-state index in [1.54, 1.807) is 13.0 Å². The third-order valence-corrected chi connectivity index (χ3v) is 0.997. The Bertz CT molecular complexity index is 120. The average Bonchev–Trinajstić information content (AvgIpc) is 1.98. The van der Waals surface area contributed by atoms with Crippen LogP contribution in [0.5, 0.6) is 0 Å². The summed E-state index contributed by atoms with van der Waals surface area (Å²) in [5, 5.41) is 0. The second kappa shape index (κ2) is 4.99. The SMILES string of the molecule is C=CCO[C@H](C)C(=O)OC. The number of hydrogen-bond donors (Lipinski definition) is 0. The van der Waals surface area contributed by atoms with Gasteiger partial charge in [0.15, 0.2) is 6.10 Å². The van der Waals surface area contributed by atoms with Gasteiger partial charge in [0.05, 0.1) is 13.7 Å². The van der Waals surface area contributed by atoms with Crippen LogP contribution in [-0.2, 0) is 14.3 Å². The predicted molar refractivity (Wildman–Crippen MR) is 37.6 cm³/mol. The highest BCUT2D eigenvalue weighted by atomic mass is 16.6. The van der Waals surface area contributed by atoms with E-state index in [1.165, 1.54) is 7.11 Å². The molecule has 0 fully saturated rings. The molecule has 0 aromatic heterocycles. The second-order valence-corrected chi connectivity index (χ2v) is 1.79. The molecule has 0 N–H and O–H groups in total. The minimum absolute atomic E-state index is 0.359. The van der Waals surface area contributed by atoms with E-state index in [0.29, 0.717) is 6.61 Å². The van der Waals surface area contributed by atoms with Crippen molar-refractivity contribution in [2.75, 3.05) is 13.7 Å². The van der Waals surface area contributed by atoms with Crippen molar-refractivity contribution in [2.45, 2.75) is 13.0 Å². The quantitative estimate of drug-likeness (QED) is 0.431. The maximum Gasteiger partial charge on any atom is 0.334 e. The van der Waals surface area contributed by atoms with Gasteiger partial charge >= 0.3 is 5.97 Å². The zero-order valence-corrected chi connectivity index (χ0v) is 6.29. The Morgan fingerprint density at radius 3 is 2.80 bits per heavy atom. The number of carbonyl (C=O) groups is 1. The average molecular weight is 144 g/mol. The lowest BCUT2D eigenvalue weighted by molar-refractivity contribution is -0.152. The summed E-state index contributed by atoms with van der Waals surface area (Å²) < 4.78 is 9.36. The van der Waals surface area contributed by atoms with Gasteiger partial charge in [-0.2, -0.15) is 0 Å². The Morgan fingerprint density at radius 1 is 1.80 bits per heavy atom. The number of rotatable bonds is 4. The van der Waals surface area contributed by atoms with Crippen LogP contribution in [0, 0.1) is 0 Å². The fourth-order valence-corrected chi connectivity index (χ4v) is 0.446. The first kappa shape index (κ1) is 9.17. The van der Waals surface area contributed by atoms with Crippen LogP contribution in [0.4, 0.5) is 0 Å². The Labute approximate surface area is 60.6 Å². The number of ether oxygens (including phenoxy) is 2. The molecule has 0 rings (SSSR count). The van der Waals surface area contributed by atoms with Crippen LogP contribution in [0.15, 0.2) is 12.7 Å². The zero-order valence-electron chi connectivity index (χ0n) is 6.29. The normalized spacial score (nSPS) is 12.2. The number of methoxy groups -OCH3 is 1. The number of carbonyl (C=O) groups excluding carboxylic acids is 1. The topological polar surface area (TPSA) is 35.5 Å². The van der Waals surface area contributed by atoms with Crippen LogP contribution in [-0.4, -0.2) is 25.8 Å². The third-order valence-electron chi connectivity index (χ3n) is 0.997. The molecule has 10 heavy (non-hydrogen) atoms. The highest BCUT2D eigenvalue weighted by Crippen LogP contribution is 1.92. The summed E-state index contributed by atoms with van der Waals surface area (Å²) in [4.78, 5) is 10.6. The molecule has 0 saturated heterocycles. The first-order chi connectivity index (χ1) is 4.72. The fourth-order valence-electron chi connectivity index (χ4n) is 0.446. The van der Waals surface area contributed by atoms with Gasteiger partial charge in [-0.1, -0.05) is 6.08 Å². The van der Waals surface area contributed by atoms with Gasteiger partial charge in [-0.15, -0.1) is 6.58 Å². The van der Waals surface area contributed by atoms with E-state index < -0.39 is 6.10 Å². The van der Waals surface area contributed by atoms with Gasteiger partial charge in [0.2, 0.25) is 0 Å². The van der Waals surface area contributed by atoms with Gasteiger partial charge in [0.25, 0.3) is 0 Å². The van der Waals surface area contributed by atoms with Crippen molar-refractivity contribution >= 4 is 5.97 Å². The molecule has 1 atom stereocenters. The lowest BCUT2D eigenvalue weighted by Gasteiger charge is -2.07. The van der Waals surface area contributed by atoms with Crippen LogP contribution >= 0.6 is 0 Å². The van der Waals surface area contributed by atoms with Gasteiger partial charge in [-0.3, -0.25) is 0 Å². The molecule has 0 spiro atoms. The van der Waals surface area contributed by atoms with Crippen LogP contribution in [0.3, 0.4) is 0 Å². The summed E-state index contributed by atoms with van der Waals surface area (Å²) in [7, 11) is 1.33. The van der Waals surface area contributed by atoms with Crippen molar-refractivity contribution in [2.24, 2.45) is 0 Å². The number of hydrogen-bond acceptors (Lipinski definition) is 3. The van der Waals surface area contributed by atoms with E-state index in [0.717, 1.165) is 0 Å². The van der Waals surface area contributed by atoms with Crippen molar-refractivity contribution in [1.82, 2.24) is 0 Å². The first-order valence-electron chi connectivity index (χ1n) is 3.02. The molecule has 0 aliphatic heterocycles. The summed E-state index contributed by atoms with van der Waals surface area (Å²) in [6, 6.07) is 0. The van der Waals surface area contributed by atoms with Crippen molar-refractivity contribution in [3.8, 4) is 0 Å². The van der Waals surface area contributed by atoms with Gasteiger partial charge in [-0.05, 0) is 6.92 Å². The Balaban J connectivity index is 3.50. The molecule has 0 aliphatic rings. The molecule has 0 amide bonds. The van der Waals surface area contributed by atoms with Crippen LogP contribution in [0.1, 0.15) is 6.92 Å². The first-order valence-corrected chi connectivity index (χ1v) is 3.02. The molecular formula is C7H12O3. The summed E-state index contributed by atoms with van der Waals surface area (Å²) in [6.45, 7) is 5.45. The Kier molecular flexibility index (Phi) is 4.58. The minimum Gasteiger partial charge on any atom is -0.467 e. The molecule has 58 valence electrons. The monoisotopic (exact) mass is 144 g/mol. The Morgan fingerprint density at radius 2 is 2.40 bits per heavy atom. The third kappa shape index (κ3) is 3.25. The highest BCUT2D eigenvalue weighted by molar-refractivity contribution is 5.73. The fraction of sp³-hybridized carbons (Fsp3) is 0.571. The summed E-state index contributed by atoms with van der Waals surface area (Å²) in [5.74, 6) is -0.359. The molecule has 3 nitrogen and oxygen atoms in total. The number of esters is 1. The van der Waals surface area contributed by atoms with Crippen molar-refractivity contribution in [1.29, 1.82) is 0 Å². The van der Waals surface area contributed by atoms with Crippen molar-refractivity contribution in [3.63, 3.8) is 0 Å². The molecule has 0 aromatic carbocycles. The Hall–Kier alpha value is -0.830. The lowest BCUT2D eigenvalue weighted by atomic mass is 10.4. The van der Waals surface area contributed by atoms with E-state index in [1.807, 2.05) is 0 Å². The lowest BCUT2D eigenvalue weighted by Crippen LogP contribution is -2.21. The summed E-state index contributed by atoms with van der Waals surface area (Å²) >= 11 is 0. The van der Waals surface area contributed by atoms with Crippen molar-refractivity contribution in [3.05, 3.63) is 12.7 Å². The summed E-state index contributed by atoms with van der Waals surface area (Å²) in [6.07, 6.45) is 1.09. The van der Waals surface area contributed by atoms with E-state index in [2.05, 4.69) is 11.3 Å². The second-order valence-electron chi connectivity index (χ2n) is 1.79. The van der Waals surface area contributed by atoms with E-state index in [9.17, 15) is 4.79 Å². The minimum atomic E-state index is -0.497. The maximum atomic E-state index is 10.6. The van der Waals surface area contributed by atoms with Crippen LogP contribution in [0.25, 0.3) is 0 Å². The van der Waals surface area contributed by atoms with Gasteiger partial charge < -0.3 is 9.47 Å². The molecular weight excluding hydrogens is 132 g/mol. The largest absolute Gasteiger partial charge is 0.467 e. The molecule has 0 heterocycles. The summed E-state index contributed by atoms with van der Waals surface area (Å²) in [5.41, 5.74) is 0. The smallest absolute Gasteiger partial charge is 0.334 e. The van der Waals surface area contributed by atoms with Crippen LogP contribution in [0.2, 0.25) is 0 Å². The molecule has 0 bridgehead atoms. The van der Waals surface area contributed by atoms with Gasteiger partial charge in [-0.25, -0.2) is 4.79 Å². The van der Waals surface area contributed by atoms with Gasteiger partial charge in [0, 0.05) is 0 Å². The van der Waals surface area contributed by atoms with Crippen LogP contribution < -0.4 is 0 Å². The van der Waals surface area contributed by atoms with E-state index >= 15 is 0 Å². The molecule has 0 aromatic rings. The maximum absolute atomic E-state index is 10.6. The standard InChI is InChI=1S/C7H12O3/c1-4-5-10-6(2)7(8)9-3/h4,6H,1,5H2,2-3H3/t6-/m1/s1. The van der Waals surface area contributed by atoms with E-state index in [-0.39, 0.29) is 5.97 Å². The molecule has 3 heteroatoms. The molecule has 0 radical (unpaired) electrons.